The largest absolute Gasteiger partial charge is 0.383 e. The minimum Gasteiger partial charge on any atom is -0.383 e. The van der Waals surface area contributed by atoms with Crippen LogP contribution in [0.1, 0.15) is 11.6 Å². The fraction of sp³-hybridized carbons (Fsp3) is 0.368. The quantitative estimate of drug-likeness (QED) is 0.706. The van der Waals surface area contributed by atoms with Gasteiger partial charge in [0.15, 0.2) is 0 Å². The van der Waals surface area contributed by atoms with Crippen molar-refractivity contribution in [3.05, 3.63) is 63.1 Å². The molecule has 0 amide bonds. The number of likely N-dealkylation sites (N-methyl/N-ethyl adjacent to an activating group) is 1. The second-order valence-corrected chi connectivity index (χ2v) is 7.57. The first-order valence-corrected chi connectivity index (χ1v) is 9.31. The highest BCUT2D eigenvalue weighted by Gasteiger charge is 2.36. The van der Waals surface area contributed by atoms with Gasteiger partial charge in [0, 0.05) is 30.2 Å². The van der Waals surface area contributed by atoms with Crippen LogP contribution in [0, 0.1) is 0 Å². The number of rotatable bonds is 4. The molecule has 6 heteroatoms. The molecule has 1 aliphatic heterocycles. The number of halogens is 3. The van der Waals surface area contributed by atoms with E-state index in [0.717, 1.165) is 23.8 Å². The van der Waals surface area contributed by atoms with Crippen LogP contribution in [-0.2, 0) is 4.74 Å². The predicted octanol–water partition coefficient (Wildman–Crippen LogP) is 5.15. The van der Waals surface area contributed by atoms with Crippen LogP contribution in [0.3, 0.4) is 0 Å². The third kappa shape index (κ3) is 4.07. The summed E-state index contributed by atoms with van der Waals surface area (Å²) in [5.41, 5.74) is 2.17. The summed E-state index contributed by atoms with van der Waals surface area (Å²) in [5, 5.41) is 2.03. The van der Waals surface area contributed by atoms with E-state index in [4.69, 9.17) is 39.5 Å². The highest BCUT2D eigenvalue weighted by molar-refractivity contribution is 6.36. The second kappa shape index (κ2) is 8.15. The van der Waals surface area contributed by atoms with Gasteiger partial charge in [0.05, 0.1) is 29.4 Å². The van der Waals surface area contributed by atoms with Crippen LogP contribution in [0.4, 0.5) is 5.69 Å². The Kier molecular flexibility index (Phi) is 6.13. The monoisotopic (exact) mass is 398 g/mol. The first-order valence-electron chi connectivity index (χ1n) is 8.17. The SMILES string of the molecule is COC[C@@H]1[C@H](c2ccc(Cl)cc2)N(c2ccc(Cl)cc2Cl)CCN1C. The molecule has 0 bridgehead atoms. The van der Waals surface area contributed by atoms with Crippen LogP contribution < -0.4 is 4.90 Å². The Morgan fingerprint density at radius 2 is 1.68 bits per heavy atom. The van der Waals surface area contributed by atoms with Gasteiger partial charge >= 0.3 is 0 Å². The standard InChI is InChI=1S/C19H21Cl3N2O/c1-23-9-10-24(17-8-7-15(21)11-16(17)22)19(18(23)12-25-2)13-3-5-14(20)6-4-13/h3-8,11,18-19H,9-10,12H2,1-2H3/t18-,19+/m1/s1. The molecule has 0 aromatic heterocycles. The first-order chi connectivity index (χ1) is 12.0. The molecule has 0 unspecified atom stereocenters. The van der Waals surface area contributed by atoms with Gasteiger partial charge in [-0.2, -0.15) is 0 Å². The van der Waals surface area contributed by atoms with Gasteiger partial charge in [0.1, 0.15) is 0 Å². The van der Waals surface area contributed by atoms with Crippen LogP contribution in [0.2, 0.25) is 15.1 Å². The van der Waals surface area contributed by atoms with Crippen molar-refractivity contribution in [3.8, 4) is 0 Å². The van der Waals surface area contributed by atoms with Gasteiger partial charge in [0.25, 0.3) is 0 Å². The average Bonchev–Trinajstić information content (AvgIpc) is 2.58. The minimum absolute atomic E-state index is 0.106. The summed E-state index contributed by atoms with van der Waals surface area (Å²) < 4.78 is 5.51. The van der Waals surface area contributed by atoms with Gasteiger partial charge in [-0.25, -0.2) is 0 Å². The van der Waals surface area contributed by atoms with Crippen LogP contribution >= 0.6 is 34.8 Å². The van der Waals surface area contributed by atoms with E-state index in [-0.39, 0.29) is 12.1 Å². The van der Waals surface area contributed by atoms with Crippen molar-refractivity contribution in [3.63, 3.8) is 0 Å². The summed E-state index contributed by atoms with van der Waals surface area (Å²) in [7, 11) is 3.87. The van der Waals surface area contributed by atoms with E-state index in [2.05, 4.69) is 29.0 Å². The molecule has 2 atom stereocenters. The number of hydrogen-bond acceptors (Lipinski definition) is 3. The topological polar surface area (TPSA) is 15.7 Å². The van der Waals surface area contributed by atoms with E-state index in [0.29, 0.717) is 16.7 Å². The molecule has 1 heterocycles. The average molecular weight is 400 g/mol. The summed E-state index contributed by atoms with van der Waals surface area (Å²) in [6.07, 6.45) is 0. The third-order valence-corrected chi connectivity index (χ3v) is 5.52. The number of piperazine rings is 1. The molecule has 0 aliphatic carbocycles. The predicted molar refractivity (Wildman–Crippen MR) is 106 cm³/mol. The third-order valence-electron chi connectivity index (χ3n) is 4.73. The van der Waals surface area contributed by atoms with Crippen molar-refractivity contribution in [2.24, 2.45) is 0 Å². The van der Waals surface area contributed by atoms with Crippen molar-refractivity contribution < 1.29 is 4.74 Å². The van der Waals surface area contributed by atoms with Gasteiger partial charge < -0.3 is 9.64 Å². The Hall–Kier alpha value is -0.970. The lowest BCUT2D eigenvalue weighted by Gasteiger charge is -2.47. The Morgan fingerprint density at radius 3 is 2.32 bits per heavy atom. The summed E-state index contributed by atoms with van der Waals surface area (Å²) in [5.74, 6) is 0. The molecule has 134 valence electrons. The number of ether oxygens (including phenoxy) is 1. The van der Waals surface area contributed by atoms with Crippen LogP contribution in [-0.4, -0.2) is 44.8 Å². The molecular formula is C19H21Cl3N2O. The van der Waals surface area contributed by atoms with Crippen LogP contribution in [0.25, 0.3) is 0 Å². The molecule has 0 N–H and O–H groups in total. The van der Waals surface area contributed by atoms with Crippen LogP contribution in [0.5, 0.6) is 0 Å². The van der Waals surface area contributed by atoms with E-state index in [1.807, 2.05) is 24.3 Å². The molecule has 1 aliphatic rings. The number of hydrogen-bond donors (Lipinski definition) is 0. The normalized spacial score (nSPS) is 21.6. The van der Waals surface area contributed by atoms with E-state index >= 15 is 0 Å². The molecular weight excluding hydrogens is 379 g/mol. The molecule has 0 saturated carbocycles. The summed E-state index contributed by atoms with van der Waals surface area (Å²) >= 11 is 18.7. The number of anilines is 1. The van der Waals surface area contributed by atoms with Crippen LogP contribution in [0.15, 0.2) is 42.5 Å². The number of methoxy groups -OCH3 is 1. The molecule has 0 radical (unpaired) electrons. The Balaban J connectivity index is 2.06. The van der Waals surface area contributed by atoms with Crippen molar-refractivity contribution in [2.75, 3.05) is 38.8 Å². The number of nitrogens with zero attached hydrogens (tertiary/aromatic N) is 2. The van der Waals surface area contributed by atoms with E-state index < -0.39 is 0 Å². The summed E-state index contributed by atoms with van der Waals surface area (Å²) in [4.78, 5) is 4.68. The highest BCUT2D eigenvalue weighted by Crippen LogP contribution is 2.39. The summed E-state index contributed by atoms with van der Waals surface area (Å²) in [6, 6.07) is 14.0. The van der Waals surface area contributed by atoms with E-state index in [9.17, 15) is 0 Å². The second-order valence-electron chi connectivity index (χ2n) is 6.29. The fourth-order valence-corrected chi connectivity index (χ4v) is 4.10. The summed E-state index contributed by atoms with van der Waals surface area (Å²) in [6.45, 7) is 2.42. The molecule has 1 fully saturated rings. The van der Waals surface area contributed by atoms with Gasteiger partial charge in [-0.15, -0.1) is 0 Å². The maximum absolute atomic E-state index is 6.51. The molecule has 3 nitrogen and oxygen atoms in total. The molecule has 1 saturated heterocycles. The minimum atomic E-state index is 0.106. The molecule has 3 rings (SSSR count). The lowest BCUT2D eigenvalue weighted by molar-refractivity contribution is 0.0745. The molecule has 25 heavy (non-hydrogen) atoms. The lowest BCUT2D eigenvalue weighted by atomic mass is 9.94. The maximum atomic E-state index is 6.51. The molecule has 0 spiro atoms. The Labute approximate surface area is 164 Å². The Bertz CT molecular complexity index is 723. The Morgan fingerprint density at radius 1 is 1.00 bits per heavy atom. The van der Waals surface area contributed by atoms with Crippen molar-refractivity contribution in [1.29, 1.82) is 0 Å². The van der Waals surface area contributed by atoms with Crippen molar-refractivity contribution in [1.82, 2.24) is 4.90 Å². The fourth-order valence-electron chi connectivity index (χ4n) is 3.45. The van der Waals surface area contributed by atoms with Gasteiger partial charge in [-0.1, -0.05) is 46.9 Å². The first kappa shape index (κ1) is 18.8. The highest BCUT2D eigenvalue weighted by atomic mass is 35.5. The number of benzene rings is 2. The zero-order chi connectivity index (χ0) is 18.0. The zero-order valence-corrected chi connectivity index (χ0v) is 16.5. The smallest absolute Gasteiger partial charge is 0.0721 e. The zero-order valence-electron chi connectivity index (χ0n) is 14.3. The lowest BCUT2D eigenvalue weighted by Crippen LogP contribution is -2.55. The molecule has 2 aromatic carbocycles. The van der Waals surface area contributed by atoms with Crippen molar-refractivity contribution in [2.45, 2.75) is 12.1 Å². The van der Waals surface area contributed by atoms with E-state index in [1.165, 1.54) is 5.56 Å². The van der Waals surface area contributed by atoms with Gasteiger partial charge in [0.2, 0.25) is 0 Å². The van der Waals surface area contributed by atoms with Gasteiger partial charge in [-0.05, 0) is 42.9 Å². The van der Waals surface area contributed by atoms with Gasteiger partial charge in [-0.3, -0.25) is 4.90 Å². The van der Waals surface area contributed by atoms with E-state index in [1.54, 1.807) is 13.2 Å². The molecule has 2 aromatic rings. The maximum Gasteiger partial charge on any atom is 0.0721 e. The van der Waals surface area contributed by atoms with Crippen molar-refractivity contribution >= 4 is 40.5 Å².